The highest BCUT2D eigenvalue weighted by molar-refractivity contribution is 5.89. The van der Waals surface area contributed by atoms with Gasteiger partial charge in [-0.1, -0.05) is 13.0 Å². The fourth-order valence-corrected chi connectivity index (χ4v) is 1.26. The highest BCUT2D eigenvalue weighted by Gasteiger charge is 2.11. The predicted octanol–water partition coefficient (Wildman–Crippen LogP) is 2.54. The third kappa shape index (κ3) is 3.31. The van der Waals surface area contributed by atoms with Gasteiger partial charge in [0.25, 0.3) is 0 Å². The summed E-state index contributed by atoms with van der Waals surface area (Å²) in [4.78, 5) is 11.1. The van der Waals surface area contributed by atoms with Gasteiger partial charge in [0.1, 0.15) is 5.82 Å². The van der Waals surface area contributed by atoms with Gasteiger partial charge in [0.05, 0.1) is 19.3 Å². The summed E-state index contributed by atoms with van der Waals surface area (Å²) >= 11 is 0. The molecule has 0 radical (unpaired) electrons. The zero-order chi connectivity index (χ0) is 12.0. The van der Waals surface area contributed by atoms with Crippen LogP contribution in [0.15, 0.2) is 18.2 Å². The van der Waals surface area contributed by atoms with Crippen molar-refractivity contribution in [3.05, 3.63) is 35.1 Å². The number of halogens is 1. The number of benzene rings is 1. The second-order valence-electron chi connectivity index (χ2n) is 3.36. The molecule has 0 aliphatic carbocycles. The fraction of sp³-hybridized carbons (Fsp3) is 0.417. The van der Waals surface area contributed by atoms with E-state index in [4.69, 9.17) is 4.74 Å². The number of carbonyl (C=O) groups excluding carboxylic acids is 1. The minimum absolute atomic E-state index is 0.0539. The first-order valence-corrected chi connectivity index (χ1v) is 5.13. The van der Waals surface area contributed by atoms with Crippen LogP contribution in [0.25, 0.3) is 0 Å². The van der Waals surface area contributed by atoms with Gasteiger partial charge in [-0.15, -0.1) is 0 Å². The minimum Gasteiger partial charge on any atom is -0.465 e. The van der Waals surface area contributed by atoms with Gasteiger partial charge in [-0.2, -0.15) is 0 Å². The third-order valence-electron chi connectivity index (χ3n) is 2.06. The molecule has 4 heteroatoms. The lowest BCUT2D eigenvalue weighted by atomic mass is 10.1. The van der Waals surface area contributed by atoms with Gasteiger partial charge in [-0.3, -0.25) is 0 Å². The van der Waals surface area contributed by atoms with Crippen LogP contribution >= 0.6 is 0 Å². The number of esters is 1. The van der Waals surface area contributed by atoms with Crippen molar-refractivity contribution in [2.75, 3.05) is 13.7 Å². The van der Waals surface area contributed by atoms with Crippen molar-refractivity contribution in [3.63, 3.8) is 0 Å². The van der Waals surface area contributed by atoms with Crippen molar-refractivity contribution in [2.24, 2.45) is 0 Å². The Morgan fingerprint density at radius 3 is 2.75 bits per heavy atom. The van der Waals surface area contributed by atoms with Gasteiger partial charge in [0, 0.05) is 6.61 Å². The summed E-state index contributed by atoms with van der Waals surface area (Å²) in [7, 11) is 1.22. The second kappa shape index (κ2) is 6.23. The van der Waals surface area contributed by atoms with Gasteiger partial charge in [0.2, 0.25) is 0 Å². The Labute approximate surface area is 94.2 Å². The molecule has 0 saturated heterocycles. The standard InChI is InChI=1S/C12H15FO3/c1-3-6-16-8-9-4-5-10(11(13)7-9)12(14)15-2/h4-5,7H,3,6,8H2,1-2H3. The van der Waals surface area contributed by atoms with Crippen LogP contribution < -0.4 is 0 Å². The third-order valence-corrected chi connectivity index (χ3v) is 2.06. The lowest BCUT2D eigenvalue weighted by Crippen LogP contribution is -2.05. The van der Waals surface area contributed by atoms with E-state index in [1.807, 2.05) is 6.92 Å². The van der Waals surface area contributed by atoms with Gasteiger partial charge in [-0.05, 0) is 24.1 Å². The lowest BCUT2D eigenvalue weighted by Gasteiger charge is -2.05. The highest BCUT2D eigenvalue weighted by Crippen LogP contribution is 2.12. The van der Waals surface area contributed by atoms with Crippen molar-refractivity contribution in [3.8, 4) is 0 Å². The topological polar surface area (TPSA) is 35.5 Å². The molecule has 0 amide bonds. The SMILES string of the molecule is CCCOCc1ccc(C(=O)OC)c(F)c1. The summed E-state index contributed by atoms with van der Waals surface area (Å²) in [6.45, 7) is 2.99. The lowest BCUT2D eigenvalue weighted by molar-refractivity contribution is 0.0595. The first-order valence-electron chi connectivity index (χ1n) is 5.13. The summed E-state index contributed by atoms with van der Waals surface area (Å²) in [6.07, 6.45) is 0.919. The Morgan fingerprint density at radius 1 is 1.44 bits per heavy atom. The zero-order valence-electron chi connectivity index (χ0n) is 9.46. The first kappa shape index (κ1) is 12.6. The van der Waals surface area contributed by atoms with E-state index in [0.717, 1.165) is 6.42 Å². The van der Waals surface area contributed by atoms with Crippen LogP contribution in [0.4, 0.5) is 4.39 Å². The molecule has 0 atom stereocenters. The zero-order valence-corrected chi connectivity index (χ0v) is 9.46. The fourth-order valence-electron chi connectivity index (χ4n) is 1.26. The van der Waals surface area contributed by atoms with E-state index in [1.54, 1.807) is 6.07 Å². The van der Waals surface area contributed by atoms with Crippen LogP contribution in [0.3, 0.4) is 0 Å². The molecule has 0 spiro atoms. The van der Waals surface area contributed by atoms with Crippen LogP contribution in [0.1, 0.15) is 29.3 Å². The number of rotatable bonds is 5. The summed E-state index contributed by atoms with van der Waals surface area (Å²) in [6, 6.07) is 4.36. The molecule has 0 unspecified atom stereocenters. The summed E-state index contributed by atoms with van der Waals surface area (Å²) in [5, 5.41) is 0. The van der Waals surface area contributed by atoms with Crippen molar-refractivity contribution in [1.82, 2.24) is 0 Å². The van der Waals surface area contributed by atoms with E-state index in [1.165, 1.54) is 19.2 Å². The molecule has 0 fully saturated rings. The quantitative estimate of drug-likeness (QED) is 0.571. The molecule has 88 valence electrons. The van der Waals surface area contributed by atoms with Crippen molar-refractivity contribution >= 4 is 5.97 Å². The largest absolute Gasteiger partial charge is 0.465 e. The van der Waals surface area contributed by atoms with Crippen molar-refractivity contribution in [1.29, 1.82) is 0 Å². The molecule has 0 saturated carbocycles. The van der Waals surface area contributed by atoms with Gasteiger partial charge < -0.3 is 9.47 Å². The first-order chi connectivity index (χ1) is 7.69. The molecule has 0 N–H and O–H groups in total. The molecule has 0 aromatic heterocycles. The Morgan fingerprint density at radius 2 is 2.19 bits per heavy atom. The molecule has 0 aliphatic heterocycles. The Hall–Kier alpha value is -1.42. The van der Waals surface area contributed by atoms with Crippen LogP contribution in [0, 0.1) is 5.82 Å². The Bertz CT molecular complexity index is 363. The maximum atomic E-state index is 13.4. The van der Waals surface area contributed by atoms with Gasteiger partial charge >= 0.3 is 5.97 Å². The van der Waals surface area contributed by atoms with Gasteiger partial charge in [0.15, 0.2) is 0 Å². The molecule has 0 aliphatic rings. The average Bonchev–Trinajstić information content (AvgIpc) is 2.29. The van der Waals surface area contributed by atoms with E-state index in [0.29, 0.717) is 18.8 Å². The normalized spacial score (nSPS) is 10.2. The van der Waals surface area contributed by atoms with E-state index in [-0.39, 0.29) is 5.56 Å². The van der Waals surface area contributed by atoms with Crippen LogP contribution in [0.5, 0.6) is 0 Å². The molecule has 16 heavy (non-hydrogen) atoms. The van der Waals surface area contributed by atoms with Gasteiger partial charge in [-0.25, -0.2) is 9.18 Å². The summed E-state index contributed by atoms with van der Waals surface area (Å²) in [5.41, 5.74) is 0.653. The Kier molecular flexibility index (Phi) is 4.92. The molecule has 3 nitrogen and oxygen atoms in total. The molecule has 0 bridgehead atoms. The minimum atomic E-state index is -0.668. The maximum absolute atomic E-state index is 13.4. The molecule has 0 heterocycles. The van der Waals surface area contributed by atoms with Crippen molar-refractivity contribution in [2.45, 2.75) is 20.0 Å². The molecule has 1 rings (SSSR count). The smallest absolute Gasteiger partial charge is 0.340 e. The van der Waals surface area contributed by atoms with Crippen LogP contribution in [-0.2, 0) is 16.1 Å². The van der Waals surface area contributed by atoms with E-state index < -0.39 is 11.8 Å². The molecular weight excluding hydrogens is 211 g/mol. The number of hydrogen-bond donors (Lipinski definition) is 0. The highest BCUT2D eigenvalue weighted by atomic mass is 19.1. The number of methoxy groups -OCH3 is 1. The summed E-state index contributed by atoms with van der Waals surface area (Å²) < 4.78 is 23.2. The van der Waals surface area contributed by atoms with E-state index >= 15 is 0 Å². The van der Waals surface area contributed by atoms with Crippen LogP contribution in [0.2, 0.25) is 0 Å². The number of carbonyl (C=O) groups is 1. The maximum Gasteiger partial charge on any atom is 0.340 e. The molecule has 1 aromatic carbocycles. The van der Waals surface area contributed by atoms with E-state index in [2.05, 4.69) is 4.74 Å². The monoisotopic (exact) mass is 226 g/mol. The Balaban J connectivity index is 2.71. The predicted molar refractivity (Wildman–Crippen MR) is 57.7 cm³/mol. The number of ether oxygens (including phenoxy) is 2. The van der Waals surface area contributed by atoms with Crippen molar-refractivity contribution < 1.29 is 18.7 Å². The molecular formula is C12H15FO3. The number of hydrogen-bond acceptors (Lipinski definition) is 3. The van der Waals surface area contributed by atoms with Crippen LogP contribution in [-0.4, -0.2) is 19.7 Å². The average molecular weight is 226 g/mol. The second-order valence-corrected chi connectivity index (χ2v) is 3.36. The molecule has 1 aromatic rings. The van der Waals surface area contributed by atoms with E-state index in [9.17, 15) is 9.18 Å². The summed E-state index contributed by atoms with van der Waals surface area (Å²) in [5.74, 6) is -1.25.